The Morgan fingerprint density at radius 1 is 1.32 bits per heavy atom. The minimum absolute atomic E-state index is 0.0380. The summed E-state index contributed by atoms with van der Waals surface area (Å²) in [5.41, 5.74) is 5.29. The molecule has 0 amide bonds. The molecule has 0 aliphatic heterocycles. The standard InChI is InChI=1S/C12H21N5O2/c1-2-3-4-5-6-7-8-14-11-10(17(18)19)9-15-12(13)16-11/h9H,2-8H2,1H3,(H3,13,14,15,16). The molecule has 0 bridgehead atoms. The molecule has 1 aromatic heterocycles. The zero-order valence-electron chi connectivity index (χ0n) is 11.3. The molecule has 7 heteroatoms. The molecule has 0 unspecified atom stereocenters. The highest BCUT2D eigenvalue weighted by atomic mass is 16.6. The maximum absolute atomic E-state index is 10.8. The molecular weight excluding hydrogens is 246 g/mol. The van der Waals surface area contributed by atoms with Gasteiger partial charge in [-0.25, -0.2) is 4.98 Å². The third-order valence-corrected chi connectivity index (χ3v) is 2.81. The predicted octanol–water partition coefficient (Wildman–Crippen LogP) is 2.74. The van der Waals surface area contributed by atoms with Gasteiger partial charge in [0.2, 0.25) is 11.8 Å². The van der Waals surface area contributed by atoms with Crippen molar-refractivity contribution in [3.05, 3.63) is 16.3 Å². The van der Waals surface area contributed by atoms with E-state index in [2.05, 4.69) is 22.2 Å². The Hall–Kier alpha value is -1.92. The van der Waals surface area contributed by atoms with Gasteiger partial charge in [-0.3, -0.25) is 10.1 Å². The Kier molecular flexibility index (Phi) is 6.56. The number of anilines is 2. The maximum atomic E-state index is 10.8. The summed E-state index contributed by atoms with van der Waals surface area (Å²) in [5, 5.41) is 13.7. The van der Waals surface area contributed by atoms with E-state index in [1.165, 1.54) is 25.7 Å². The summed E-state index contributed by atoms with van der Waals surface area (Å²) in [5.74, 6) is 0.238. The Labute approximate surface area is 112 Å². The molecule has 0 fully saturated rings. The van der Waals surface area contributed by atoms with Crippen LogP contribution in [0.3, 0.4) is 0 Å². The third kappa shape index (κ3) is 5.50. The van der Waals surface area contributed by atoms with Crippen molar-refractivity contribution in [2.24, 2.45) is 0 Å². The summed E-state index contributed by atoms with van der Waals surface area (Å²) < 4.78 is 0. The summed E-state index contributed by atoms with van der Waals surface area (Å²) in [6.07, 6.45) is 8.14. The van der Waals surface area contributed by atoms with Crippen LogP contribution in [0, 0.1) is 10.1 Å². The lowest BCUT2D eigenvalue weighted by molar-refractivity contribution is -0.384. The van der Waals surface area contributed by atoms with E-state index in [0.717, 1.165) is 19.0 Å². The minimum atomic E-state index is -0.511. The van der Waals surface area contributed by atoms with Crippen molar-refractivity contribution in [1.82, 2.24) is 9.97 Å². The number of hydrogen-bond acceptors (Lipinski definition) is 6. The van der Waals surface area contributed by atoms with Gasteiger partial charge in [-0.1, -0.05) is 39.0 Å². The second kappa shape index (κ2) is 8.23. The molecule has 0 radical (unpaired) electrons. The first-order valence-electron chi connectivity index (χ1n) is 6.66. The van der Waals surface area contributed by atoms with Crippen molar-refractivity contribution in [2.45, 2.75) is 45.4 Å². The van der Waals surface area contributed by atoms with Gasteiger partial charge in [0.25, 0.3) is 0 Å². The Bertz CT molecular complexity index is 411. The topological polar surface area (TPSA) is 107 Å². The lowest BCUT2D eigenvalue weighted by Crippen LogP contribution is -2.08. The minimum Gasteiger partial charge on any atom is -0.368 e. The highest BCUT2D eigenvalue weighted by Crippen LogP contribution is 2.21. The smallest absolute Gasteiger partial charge is 0.329 e. The molecule has 3 N–H and O–H groups in total. The summed E-state index contributed by atoms with van der Waals surface area (Å²) in [7, 11) is 0. The summed E-state index contributed by atoms with van der Waals surface area (Å²) in [6.45, 7) is 2.84. The fourth-order valence-electron chi connectivity index (χ4n) is 1.76. The molecule has 0 aliphatic rings. The average molecular weight is 267 g/mol. The van der Waals surface area contributed by atoms with E-state index in [0.29, 0.717) is 6.54 Å². The zero-order chi connectivity index (χ0) is 14.1. The van der Waals surface area contributed by atoms with Gasteiger partial charge < -0.3 is 11.1 Å². The van der Waals surface area contributed by atoms with E-state index in [-0.39, 0.29) is 17.5 Å². The normalized spacial score (nSPS) is 10.4. The average Bonchev–Trinajstić information content (AvgIpc) is 2.37. The van der Waals surface area contributed by atoms with Gasteiger partial charge in [-0.2, -0.15) is 4.98 Å². The van der Waals surface area contributed by atoms with Gasteiger partial charge in [0.1, 0.15) is 6.20 Å². The summed E-state index contributed by atoms with van der Waals surface area (Å²) in [6, 6.07) is 0. The second-order valence-corrected chi connectivity index (χ2v) is 4.41. The molecule has 1 aromatic rings. The van der Waals surface area contributed by atoms with Crippen LogP contribution < -0.4 is 11.1 Å². The van der Waals surface area contributed by atoms with Crippen LogP contribution in [0.2, 0.25) is 0 Å². The molecule has 0 aromatic carbocycles. The molecule has 19 heavy (non-hydrogen) atoms. The van der Waals surface area contributed by atoms with E-state index in [9.17, 15) is 10.1 Å². The van der Waals surface area contributed by atoms with Gasteiger partial charge in [0, 0.05) is 6.54 Å². The fourth-order valence-corrected chi connectivity index (χ4v) is 1.76. The molecule has 106 valence electrons. The molecule has 0 saturated heterocycles. The predicted molar refractivity (Wildman–Crippen MR) is 75.0 cm³/mol. The number of hydrogen-bond donors (Lipinski definition) is 2. The third-order valence-electron chi connectivity index (χ3n) is 2.81. The van der Waals surface area contributed by atoms with Gasteiger partial charge in [-0.15, -0.1) is 0 Å². The summed E-state index contributed by atoms with van der Waals surface area (Å²) in [4.78, 5) is 17.8. The van der Waals surface area contributed by atoms with Crippen LogP contribution in [0.5, 0.6) is 0 Å². The number of nitrogen functional groups attached to an aromatic ring is 1. The van der Waals surface area contributed by atoms with E-state index >= 15 is 0 Å². The Morgan fingerprint density at radius 3 is 2.68 bits per heavy atom. The van der Waals surface area contributed by atoms with E-state index in [1.54, 1.807) is 0 Å². The number of nitro groups is 1. The van der Waals surface area contributed by atoms with E-state index < -0.39 is 4.92 Å². The first kappa shape index (κ1) is 15.1. The SMILES string of the molecule is CCCCCCCCNc1nc(N)ncc1[N+](=O)[O-]. The first-order chi connectivity index (χ1) is 9.15. The number of nitrogens with one attached hydrogen (secondary N) is 1. The van der Waals surface area contributed by atoms with Crippen molar-refractivity contribution in [2.75, 3.05) is 17.6 Å². The first-order valence-corrected chi connectivity index (χ1v) is 6.66. The molecule has 0 aliphatic carbocycles. The van der Waals surface area contributed by atoms with Crippen LogP contribution in [-0.4, -0.2) is 21.4 Å². The number of nitrogens with two attached hydrogens (primary N) is 1. The highest BCUT2D eigenvalue weighted by Gasteiger charge is 2.15. The van der Waals surface area contributed by atoms with Gasteiger partial charge in [-0.05, 0) is 6.42 Å². The second-order valence-electron chi connectivity index (χ2n) is 4.41. The van der Waals surface area contributed by atoms with Crippen LogP contribution in [-0.2, 0) is 0 Å². The molecule has 0 atom stereocenters. The van der Waals surface area contributed by atoms with Gasteiger partial charge in [0.05, 0.1) is 4.92 Å². The van der Waals surface area contributed by atoms with Crippen LogP contribution >= 0.6 is 0 Å². The highest BCUT2D eigenvalue weighted by molar-refractivity contribution is 5.56. The Morgan fingerprint density at radius 2 is 2.00 bits per heavy atom. The molecular formula is C12H21N5O2. The zero-order valence-corrected chi connectivity index (χ0v) is 11.3. The van der Waals surface area contributed by atoms with Crippen molar-refractivity contribution in [3.8, 4) is 0 Å². The molecule has 1 rings (SSSR count). The van der Waals surface area contributed by atoms with Crippen molar-refractivity contribution in [1.29, 1.82) is 0 Å². The number of rotatable bonds is 9. The maximum Gasteiger partial charge on any atom is 0.329 e. The van der Waals surface area contributed by atoms with Gasteiger partial charge >= 0.3 is 5.69 Å². The van der Waals surface area contributed by atoms with Gasteiger partial charge in [0.15, 0.2) is 0 Å². The van der Waals surface area contributed by atoms with Crippen molar-refractivity contribution < 1.29 is 4.92 Å². The molecule has 7 nitrogen and oxygen atoms in total. The van der Waals surface area contributed by atoms with Crippen LogP contribution in [0.15, 0.2) is 6.20 Å². The van der Waals surface area contributed by atoms with Crippen molar-refractivity contribution >= 4 is 17.5 Å². The lowest BCUT2D eigenvalue weighted by Gasteiger charge is -2.06. The van der Waals surface area contributed by atoms with E-state index in [1.807, 2.05) is 0 Å². The quantitative estimate of drug-likeness (QED) is 0.404. The molecule has 0 saturated carbocycles. The molecule has 1 heterocycles. The Balaban J connectivity index is 2.36. The van der Waals surface area contributed by atoms with Crippen LogP contribution in [0.25, 0.3) is 0 Å². The van der Waals surface area contributed by atoms with E-state index in [4.69, 9.17) is 5.73 Å². The fraction of sp³-hybridized carbons (Fsp3) is 0.667. The number of aromatic nitrogens is 2. The largest absolute Gasteiger partial charge is 0.368 e. The lowest BCUT2D eigenvalue weighted by atomic mass is 10.1. The van der Waals surface area contributed by atoms with Crippen LogP contribution in [0.4, 0.5) is 17.5 Å². The van der Waals surface area contributed by atoms with Crippen molar-refractivity contribution in [3.63, 3.8) is 0 Å². The summed E-state index contributed by atoms with van der Waals surface area (Å²) >= 11 is 0. The monoisotopic (exact) mass is 267 g/mol. The van der Waals surface area contributed by atoms with Crippen LogP contribution in [0.1, 0.15) is 45.4 Å². The number of nitrogens with zero attached hydrogens (tertiary/aromatic N) is 3. The molecule has 0 spiro atoms. The number of unbranched alkanes of at least 4 members (excludes halogenated alkanes) is 5.